The highest BCUT2D eigenvalue weighted by atomic mass is 32.1. The fourth-order valence-corrected chi connectivity index (χ4v) is 2.85. The van der Waals surface area contributed by atoms with Crippen LogP contribution in [0.4, 0.5) is 0 Å². The molecule has 0 aliphatic heterocycles. The Labute approximate surface area is 98.9 Å². The van der Waals surface area contributed by atoms with Gasteiger partial charge < -0.3 is 4.74 Å². The lowest BCUT2D eigenvalue weighted by Gasteiger charge is -2.29. The molecular formula is C13H22OS. The fourth-order valence-electron chi connectivity index (χ4n) is 2.45. The summed E-state index contributed by atoms with van der Waals surface area (Å²) in [6.45, 7) is 6.51. The zero-order valence-electron chi connectivity index (χ0n) is 9.71. The summed E-state index contributed by atoms with van der Waals surface area (Å²) in [6, 6.07) is 0. The molecule has 0 N–H and O–H groups in total. The molecule has 15 heavy (non-hydrogen) atoms. The highest BCUT2D eigenvalue weighted by molar-refractivity contribution is 7.80. The lowest BCUT2D eigenvalue weighted by molar-refractivity contribution is 0.247. The molecular weight excluding hydrogens is 204 g/mol. The van der Waals surface area contributed by atoms with Gasteiger partial charge in [-0.25, -0.2) is 0 Å². The molecule has 0 amide bonds. The van der Waals surface area contributed by atoms with Crippen LogP contribution in [0.3, 0.4) is 0 Å². The highest BCUT2D eigenvalue weighted by Gasteiger charge is 2.26. The third kappa shape index (κ3) is 3.94. The van der Waals surface area contributed by atoms with Crippen molar-refractivity contribution in [3.05, 3.63) is 12.7 Å². The maximum atomic E-state index is 5.49. The molecule has 0 aromatic rings. The molecule has 0 spiro atoms. The van der Waals surface area contributed by atoms with E-state index in [9.17, 15) is 0 Å². The summed E-state index contributed by atoms with van der Waals surface area (Å²) in [4.78, 5) is 0. The van der Waals surface area contributed by atoms with Gasteiger partial charge in [0, 0.05) is 5.92 Å². The number of rotatable bonds is 5. The minimum atomic E-state index is 0.428. The Kier molecular flexibility index (Phi) is 5.92. The van der Waals surface area contributed by atoms with E-state index in [0.29, 0.717) is 12.5 Å². The first-order chi connectivity index (χ1) is 7.29. The summed E-state index contributed by atoms with van der Waals surface area (Å²) in [5, 5.41) is 0.810. The molecule has 0 saturated heterocycles. The van der Waals surface area contributed by atoms with Gasteiger partial charge in [-0.15, -0.1) is 6.58 Å². The van der Waals surface area contributed by atoms with Gasteiger partial charge in [-0.1, -0.05) is 25.3 Å². The standard InChI is InChI=1S/C13H22OS/c1-3-8-12(13(15)14-4-2)11-9-6-5-7-10-11/h3,11-12H,1,4-10H2,2H3/t12-/m0/s1. The van der Waals surface area contributed by atoms with Gasteiger partial charge in [0.1, 0.15) is 0 Å². The van der Waals surface area contributed by atoms with Gasteiger partial charge >= 0.3 is 0 Å². The number of hydrogen-bond acceptors (Lipinski definition) is 2. The van der Waals surface area contributed by atoms with Crippen LogP contribution in [-0.4, -0.2) is 11.7 Å². The quantitative estimate of drug-likeness (QED) is 0.515. The Bertz CT molecular complexity index is 207. The average molecular weight is 226 g/mol. The van der Waals surface area contributed by atoms with E-state index in [1.807, 2.05) is 13.0 Å². The Morgan fingerprint density at radius 2 is 2.13 bits per heavy atom. The van der Waals surface area contributed by atoms with E-state index in [0.717, 1.165) is 17.4 Å². The maximum absolute atomic E-state index is 5.49. The molecule has 0 aromatic carbocycles. The van der Waals surface area contributed by atoms with Gasteiger partial charge in [-0.05, 0) is 44.3 Å². The Morgan fingerprint density at radius 1 is 1.47 bits per heavy atom. The number of allylic oxidation sites excluding steroid dienone is 1. The van der Waals surface area contributed by atoms with Crippen molar-refractivity contribution in [3.63, 3.8) is 0 Å². The summed E-state index contributed by atoms with van der Waals surface area (Å²) >= 11 is 5.35. The van der Waals surface area contributed by atoms with E-state index < -0.39 is 0 Å². The first-order valence-electron chi connectivity index (χ1n) is 6.07. The summed E-state index contributed by atoms with van der Waals surface area (Å²) in [5.41, 5.74) is 0. The molecule has 1 rings (SSSR count). The molecule has 0 heterocycles. The predicted octanol–water partition coefficient (Wildman–Crippen LogP) is 4.12. The van der Waals surface area contributed by atoms with Crippen molar-refractivity contribution >= 4 is 17.3 Å². The number of hydrogen-bond donors (Lipinski definition) is 0. The van der Waals surface area contributed by atoms with Crippen LogP contribution in [0.15, 0.2) is 12.7 Å². The van der Waals surface area contributed by atoms with Gasteiger partial charge in [-0.3, -0.25) is 0 Å². The molecule has 86 valence electrons. The molecule has 2 heteroatoms. The number of ether oxygens (including phenoxy) is 1. The van der Waals surface area contributed by atoms with Crippen molar-refractivity contribution in [3.8, 4) is 0 Å². The van der Waals surface area contributed by atoms with E-state index in [2.05, 4.69) is 6.58 Å². The number of thiocarbonyl (C=S) groups is 1. The van der Waals surface area contributed by atoms with Crippen LogP contribution in [-0.2, 0) is 4.74 Å². The molecule has 0 bridgehead atoms. The van der Waals surface area contributed by atoms with E-state index in [1.54, 1.807) is 0 Å². The molecule has 1 saturated carbocycles. The smallest absolute Gasteiger partial charge is 0.163 e. The summed E-state index contributed by atoms with van der Waals surface area (Å²) in [7, 11) is 0. The Morgan fingerprint density at radius 3 is 2.67 bits per heavy atom. The van der Waals surface area contributed by atoms with Crippen molar-refractivity contribution in [2.24, 2.45) is 11.8 Å². The van der Waals surface area contributed by atoms with Gasteiger partial charge in [0.05, 0.1) is 6.61 Å². The van der Waals surface area contributed by atoms with Crippen LogP contribution >= 0.6 is 12.2 Å². The van der Waals surface area contributed by atoms with Crippen LogP contribution < -0.4 is 0 Å². The SMILES string of the molecule is C=CC[C@H](C(=S)OCC)C1CCCCC1. The molecule has 1 atom stereocenters. The molecule has 1 aliphatic carbocycles. The van der Waals surface area contributed by atoms with Crippen LogP contribution in [0.1, 0.15) is 45.4 Å². The maximum Gasteiger partial charge on any atom is 0.163 e. The molecule has 0 aromatic heterocycles. The van der Waals surface area contributed by atoms with Crippen LogP contribution in [0.25, 0.3) is 0 Å². The van der Waals surface area contributed by atoms with Crippen molar-refractivity contribution in [2.45, 2.75) is 45.4 Å². The first-order valence-corrected chi connectivity index (χ1v) is 6.48. The molecule has 0 unspecified atom stereocenters. The van der Waals surface area contributed by atoms with Crippen LogP contribution in [0.5, 0.6) is 0 Å². The van der Waals surface area contributed by atoms with Gasteiger partial charge in [0.15, 0.2) is 5.05 Å². The third-order valence-corrected chi connectivity index (χ3v) is 3.65. The second kappa shape index (κ2) is 7.00. The predicted molar refractivity (Wildman–Crippen MR) is 69.1 cm³/mol. The molecule has 0 radical (unpaired) electrons. The fraction of sp³-hybridized carbons (Fsp3) is 0.769. The van der Waals surface area contributed by atoms with Crippen molar-refractivity contribution in [2.75, 3.05) is 6.61 Å². The average Bonchev–Trinajstić information content (AvgIpc) is 2.27. The zero-order valence-corrected chi connectivity index (χ0v) is 10.5. The van der Waals surface area contributed by atoms with E-state index in [1.165, 1.54) is 32.1 Å². The highest BCUT2D eigenvalue weighted by Crippen LogP contribution is 2.33. The first kappa shape index (κ1) is 12.7. The Hall–Kier alpha value is -0.370. The summed E-state index contributed by atoms with van der Waals surface area (Å²) in [6.07, 6.45) is 9.67. The second-order valence-corrected chi connectivity index (χ2v) is 4.68. The largest absolute Gasteiger partial charge is 0.487 e. The third-order valence-electron chi connectivity index (χ3n) is 3.23. The van der Waals surface area contributed by atoms with Crippen LogP contribution in [0, 0.1) is 11.8 Å². The lowest BCUT2D eigenvalue weighted by atomic mass is 9.79. The van der Waals surface area contributed by atoms with Crippen molar-refractivity contribution < 1.29 is 4.74 Å². The zero-order chi connectivity index (χ0) is 11.1. The van der Waals surface area contributed by atoms with Gasteiger partial charge in [-0.2, -0.15) is 0 Å². The minimum Gasteiger partial charge on any atom is -0.487 e. The Balaban J connectivity index is 2.54. The minimum absolute atomic E-state index is 0.428. The molecule has 1 fully saturated rings. The van der Waals surface area contributed by atoms with Gasteiger partial charge in [0.2, 0.25) is 0 Å². The lowest BCUT2D eigenvalue weighted by Crippen LogP contribution is -2.26. The molecule has 1 aliphatic rings. The van der Waals surface area contributed by atoms with E-state index >= 15 is 0 Å². The van der Waals surface area contributed by atoms with Crippen LogP contribution in [0.2, 0.25) is 0 Å². The second-order valence-electron chi connectivity index (χ2n) is 4.28. The van der Waals surface area contributed by atoms with E-state index in [4.69, 9.17) is 17.0 Å². The van der Waals surface area contributed by atoms with Crippen molar-refractivity contribution in [1.82, 2.24) is 0 Å². The molecule has 1 nitrogen and oxygen atoms in total. The summed E-state index contributed by atoms with van der Waals surface area (Å²) in [5.74, 6) is 1.16. The van der Waals surface area contributed by atoms with Crippen molar-refractivity contribution in [1.29, 1.82) is 0 Å². The van der Waals surface area contributed by atoms with E-state index in [-0.39, 0.29) is 0 Å². The van der Waals surface area contributed by atoms with Gasteiger partial charge in [0.25, 0.3) is 0 Å². The monoisotopic (exact) mass is 226 g/mol. The summed E-state index contributed by atoms with van der Waals surface area (Å²) < 4.78 is 5.49. The normalized spacial score (nSPS) is 19.5. The topological polar surface area (TPSA) is 9.23 Å².